The number of ether oxygens (including phenoxy) is 2. The van der Waals surface area contributed by atoms with Gasteiger partial charge >= 0.3 is 12.1 Å². The Morgan fingerprint density at radius 1 is 1.24 bits per heavy atom. The molecule has 5 heteroatoms. The Hall–Kier alpha value is -2.04. The summed E-state index contributed by atoms with van der Waals surface area (Å²) in [6.07, 6.45) is -0.121. The molecule has 0 bridgehead atoms. The van der Waals surface area contributed by atoms with E-state index in [9.17, 15) is 9.59 Å². The number of hydrogen-bond donors (Lipinski definition) is 0. The zero-order valence-corrected chi connectivity index (χ0v) is 12.9. The fourth-order valence-corrected chi connectivity index (χ4v) is 2.36. The summed E-state index contributed by atoms with van der Waals surface area (Å²) in [5, 5.41) is 0. The number of amides is 1. The van der Waals surface area contributed by atoms with E-state index in [0.717, 1.165) is 11.3 Å². The third-order valence-corrected chi connectivity index (χ3v) is 3.11. The van der Waals surface area contributed by atoms with Crippen molar-refractivity contribution in [3.05, 3.63) is 29.8 Å². The minimum Gasteiger partial charge on any atom is -0.458 e. The number of anilines is 1. The molecular weight excluding hydrogens is 270 g/mol. The lowest BCUT2D eigenvalue weighted by Gasteiger charge is -2.34. The van der Waals surface area contributed by atoms with Gasteiger partial charge in [0.2, 0.25) is 0 Å². The lowest BCUT2D eigenvalue weighted by molar-refractivity contribution is -0.147. The van der Waals surface area contributed by atoms with E-state index < -0.39 is 5.60 Å². The van der Waals surface area contributed by atoms with Crippen molar-refractivity contribution in [3.63, 3.8) is 0 Å². The van der Waals surface area contributed by atoms with Crippen molar-refractivity contribution >= 4 is 17.7 Å². The van der Waals surface area contributed by atoms with Crippen molar-refractivity contribution in [1.29, 1.82) is 0 Å². The van der Waals surface area contributed by atoms with Gasteiger partial charge in [-0.1, -0.05) is 18.2 Å². The first-order chi connectivity index (χ1) is 9.78. The molecule has 114 valence electrons. The summed E-state index contributed by atoms with van der Waals surface area (Å²) in [4.78, 5) is 25.1. The first-order valence-electron chi connectivity index (χ1n) is 7.04. The Bertz CT molecular complexity index is 547. The predicted molar refractivity (Wildman–Crippen MR) is 79.1 cm³/mol. The van der Waals surface area contributed by atoms with Gasteiger partial charge in [-0.15, -0.1) is 0 Å². The molecule has 2 rings (SSSR count). The van der Waals surface area contributed by atoms with Crippen LogP contribution in [0.15, 0.2) is 24.3 Å². The summed E-state index contributed by atoms with van der Waals surface area (Å²) in [6, 6.07) is 7.44. The maximum atomic E-state index is 12.3. The second kappa shape index (κ2) is 5.76. The number of fused-ring (bicyclic) bond motifs is 1. The van der Waals surface area contributed by atoms with E-state index >= 15 is 0 Å². The van der Waals surface area contributed by atoms with Crippen LogP contribution in [-0.2, 0) is 14.3 Å². The number of carbonyl (C=O) groups is 2. The Labute approximate surface area is 124 Å². The monoisotopic (exact) mass is 291 g/mol. The van der Waals surface area contributed by atoms with E-state index in [4.69, 9.17) is 9.47 Å². The molecule has 1 aliphatic heterocycles. The highest BCUT2D eigenvalue weighted by molar-refractivity contribution is 5.89. The van der Waals surface area contributed by atoms with E-state index in [-0.39, 0.29) is 18.2 Å². The zero-order chi connectivity index (χ0) is 15.6. The molecule has 1 aromatic rings. The van der Waals surface area contributed by atoms with Gasteiger partial charge in [-0.05, 0) is 26.8 Å². The van der Waals surface area contributed by atoms with Crippen molar-refractivity contribution in [2.24, 2.45) is 0 Å². The van der Waals surface area contributed by atoms with E-state index in [1.165, 1.54) is 6.92 Å². The van der Waals surface area contributed by atoms with Crippen LogP contribution >= 0.6 is 0 Å². The van der Waals surface area contributed by atoms with Crippen LogP contribution in [0.2, 0.25) is 0 Å². The van der Waals surface area contributed by atoms with Gasteiger partial charge in [0, 0.05) is 25.5 Å². The highest BCUT2D eigenvalue weighted by Crippen LogP contribution is 2.36. The van der Waals surface area contributed by atoms with Crippen molar-refractivity contribution in [1.82, 2.24) is 0 Å². The fraction of sp³-hybridized carbons (Fsp3) is 0.500. The van der Waals surface area contributed by atoms with E-state index in [0.29, 0.717) is 13.0 Å². The smallest absolute Gasteiger partial charge is 0.414 e. The second-order valence-corrected chi connectivity index (χ2v) is 6.08. The molecule has 0 aliphatic carbocycles. The van der Waals surface area contributed by atoms with Crippen LogP contribution in [0.3, 0.4) is 0 Å². The maximum absolute atomic E-state index is 12.3. The molecule has 1 aliphatic rings. The molecule has 1 aromatic carbocycles. The van der Waals surface area contributed by atoms with Crippen LogP contribution in [0.1, 0.15) is 45.8 Å². The molecule has 1 heterocycles. The van der Waals surface area contributed by atoms with Crippen molar-refractivity contribution in [2.45, 2.75) is 45.8 Å². The van der Waals surface area contributed by atoms with E-state index in [1.807, 2.05) is 45.0 Å². The van der Waals surface area contributed by atoms with Gasteiger partial charge in [-0.2, -0.15) is 0 Å². The molecule has 21 heavy (non-hydrogen) atoms. The van der Waals surface area contributed by atoms with E-state index in [2.05, 4.69) is 0 Å². The summed E-state index contributed by atoms with van der Waals surface area (Å²) in [7, 11) is 0. The standard InChI is InChI=1S/C16H21NO4/c1-11(18)20-14-9-10-17(15(19)21-16(2,3)4)13-8-6-5-7-12(13)14/h5-8,14H,9-10H2,1-4H3. The van der Waals surface area contributed by atoms with Crippen LogP contribution in [0.25, 0.3) is 0 Å². The van der Waals surface area contributed by atoms with Gasteiger partial charge in [0.05, 0.1) is 5.69 Å². The summed E-state index contributed by atoms with van der Waals surface area (Å²) >= 11 is 0. The number of esters is 1. The average Bonchev–Trinajstić information content (AvgIpc) is 2.36. The van der Waals surface area contributed by atoms with Gasteiger partial charge < -0.3 is 9.47 Å². The Morgan fingerprint density at radius 3 is 2.52 bits per heavy atom. The maximum Gasteiger partial charge on any atom is 0.414 e. The summed E-state index contributed by atoms with van der Waals surface area (Å²) in [5.41, 5.74) is 1.03. The molecule has 0 radical (unpaired) electrons. The molecule has 1 amide bonds. The molecule has 1 atom stereocenters. The summed E-state index contributed by atoms with van der Waals surface area (Å²) in [6.45, 7) is 7.36. The Balaban J connectivity index is 2.27. The van der Waals surface area contributed by atoms with Crippen molar-refractivity contribution in [2.75, 3.05) is 11.4 Å². The third kappa shape index (κ3) is 3.74. The van der Waals surface area contributed by atoms with E-state index in [1.54, 1.807) is 4.90 Å². The molecule has 0 saturated heterocycles. The highest BCUT2D eigenvalue weighted by Gasteiger charge is 2.32. The zero-order valence-electron chi connectivity index (χ0n) is 12.9. The predicted octanol–water partition coefficient (Wildman–Crippen LogP) is 3.44. The van der Waals surface area contributed by atoms with Gasteiger partial charge in [-0.25, -0.2) is 4.79 Å². The van der Waals surface area contributed by atoms with Crippen molar-refractivity contribution in [3.8, 4) is 0 Å². The summed E-state index contributed by atoms with van der Waals surface area (Å²) in [5.74, 6) is -0.319. The first kappa shape index (κ1) is 15.4. The van der Waals surface area contributed by atoms with Crippen LogP contribution in [0.5, 0.6) is 0 Å². The molecule has 0 aromatic heterocycles. The lowest BCUT2D eigenvalue weighted by Crippen LogP contribution is -2.41. The van der Waals surface area contributed by atoms with Gasteiger partial charge in [0.15, 0.2) is 0 Å². The largest absolute Gasteiger partial charge is 0.458 e. The van der Waals surface area contributed by atoms with Crippen LogP contribution in [-0.4, -0.2) is 24.2 Å². The first-order valence-corrected chi connectivity index (χ1v) is 7.04. The number of hydrogen-bond acceptors (Lipinski definition) is 4. The Kier molecular flexibility index (Phi) is 4.21. The van der Waals surface area contributed by atoms with Gasteiger partial charge in [-0.3, -0.25) is 9.69 Å². The third-order valence-electron chi connectivity index (χ3n) is 3.11. The molecule has 0 spiro atoms. The number of para-hydroxylation sites is 1. The quantitative estimate of drug-likeness (QED) is 0.744. The lowest BCUT2D eigenvalue weighted by atomic mass is 9.99. The van der Waals surface area contributed by atoms with Gasteiger partial charge in [0.25, 0.3) is 0 Å². The molecule has 0 fully saturated rings. The number of nitrogens with zero attached hydrogens (tertiary/aromatic N) is 1. The average molecular weight is 291 g/mol. The topological polar surface area (TPSA) is 55.8 Å². The van der Waals surface area contributed by atoms with Crippen LogP contribution in [0.4, 0.5) is 10.5 Å². The Morgan fingerprint density at radius 2 is 1.90 bits per heavy atom. The van der Waals surface area contributed by atoms with Crippen LogP contribution in [0, 0.1) is 0 Å². The fourth-order valence-electron chi connectivity index (χ4n) is 2.36. The number of carbonyl (C=O) groups excluding carboxylic acids is 2. The second-order valence-electron chi connectivity index (χ2n) is 6.08. The summed E-state index contributed by atoms with van der Waals surface area (Å²) < 4.78 is 10.8. The van der Waals surface area contributed by atoms with Gasteiger partial charge in [0.1, 0.15) is 11.7 Å². The minimum atomic E-state index is -0.543. The molecule has 5 nitrogen and oxygen atoms in total. The normalized spacial score (nSPS) is 17.9. The number of rotatable bonds is 1. The van der Waals surface area contributed by atoms with Crippen LogP contribution < -0.4 is 4.90 Å². The molecule has 0 saturated carbocycles. The SMILES string of the molecule is CC(=O)OC1CCN(C(=O)OC(C)(C)C)c2ccccc21. The minimum absolute atomic E-state index is 0.308. The highest BCUT2D eigenvalue weighted by atomic mass is 16.6. The molecular formula is C16H21NO4. The number of benzene rings is 1. The van der Waals surface area contributed by atoms with Crippen molar-refractivity contribution < 1.29 is 19.1 Å². The molecule has 0 N–H and O–H groups in total. The molecule has 1 unspecified atom stereocenters.